The molecule has 7 heteroatoms. The second-order valence-corrected chi connectivity index (χ2v) is 6.22. The van der Waals surface area contributed by atoms with Crippen LogP contribution >= 0.6 is 0 Å². The molecule has 0 bridgehead atoms. The first-order valence-corrected chi connectivity index (χ1v) is 9.44. The Morgan fingerprint density at radius 3 is 2.19 bits per heavy atom. The monoisotopic (exact) mass is 380 g/mol. The van der Waals surface area contributed by atoms with Gasteiger partial charge in [-0.25, -0.2) is 4.79 Å². The molecule has 1 heterocycles. The summed E-state index contributed by atoms with van der Waals surface area (Å²) >= 11 is 0. The van der Waals surface area contributed by atoms with E-state index in [4.69, 9.17) is 10.6 Å². The lowest BCUT2D eigenvalue weighted by Crippen LogP contribution is -2.33. The summed E-state index contributed by atoms with van der Waals surface area (Å²) in [5.41, 5.74) is 6.19. The zero-order valence-electron chi connectivity index (χ0n) is 16.6. The Labute approximate surface area is 161 Å². The van der Waals surface area contributed by atoms with Gasteiger partial charge in [0.1, 0.15) is 6.29 Å². The van der Waals surface area contributed by atoms with Crippen molar-refractivity contribution in [1.82, 2.24) is 5.06 Å². The fraction of sp³-hybridized carbons (Fsp3) is 0.600. The summed E-state index contributed by atoms with van der Waals surface area (Å²) in [6, 6.07) is 0. The molecule has 152 valence electrons. The van der Waals surface area contributed by atoms with Crippen molar-refractivity contribution in [2.75, 3.05) is 6.54 Å². The van der Waals surface area contributed by atoms with Gasteiger partial charge in [0.25, 0.3) is 5.91 Å². The molecule has 2 N–H and O–H groups in total. The SMILES string of the molecule is C=C1CCC(=O)N1OC(=O)C1CCC(CN)CC1.CC.CC(=O)/C=C\C=O. The van der Waals surface area contributed by atoms with Crippen molar-refractivity contribution in [3.05, 3.63) is 24.4 Å². The molecule has 0 aromatic heterocycles. The summed E-state index contributed by atoms with van der Waals surface area (Å²) in [7, 11) is 0. The minimum atomic E-state index is -0.304. The summed E-state index contributed by atoms with van der Waals surface area (Å²) in [5.74, 6) is -0.163. The van der Waals surface area contributed by atoms with E-state index in [2.05, 4.69) is 6.58 Å². The standard InChI is InChI=1S/C13H20N2O3.C5H6O2.C2H6/c1-9-2-7-12(16)15(9)18-13(17)11-5-3-10(8-14)4-6-11;1-5(7)3-2-4-6;1-2/h10-11H,1-8,14H2;2-4H,1H3;1-2H3/b;3-2-;. The summed E-state index contributed by atoms with van der Waals surface area (Å²) in [5, 5.41) is 1.07. The molecule has 0 aromatic rings. The van der Waals surface area contributed by atoms with Gasteiger partial charge in [-0.05, 0) is 63.6 Å². The fourth-order valence-electron chi connectivity index (χ4n) is 2.72. The summed E-state index contributed by atoms with van der Waals surface area (Å²) in [6.07, 6.45) is 7.44. The molecule has 2 aliphatic rings. The molecule has 1 saturated carbocycles. The molecule has 0 aromatic carbocycles. The van der Waals surface area contributed by atoms with E-state index in [0.29, 0.717) is 37.3 Å². The van der Waals surface area contributed by atoms with E-state index in [9.17, 15) is 19.2 Å². The zero-order valence-corrected chi connectivity index (χ0v) is 16.6. The van der Waals surface area contributed by atoms with Gasteiger partial charge in [0.2, 0.25) is 0 Å². The maximum atomic E-state index is 12.0. The first kappa shape index (κ1) is 24.7. The van der Waals surface area contributed by atoms with Gasteiger partial charge in [0, 0.05) is 6.42 Å². The number of aldehydes is 1. The Morgan fingerprint density at radius 2 is 1.81 bits per heavy atom. The van der Waals surface area contributed by atoms with Crippen molar-refractivity contribution in [3.63, 3.8) is 0 Å². The number of hydroxylamine groups is 2. The molecule has 0 unspecified atom stereocenters. The second-order valence-electron chi connectivity index (χ2n) is 6.22. The molecule has 1 amide bonds. The van der Waals surface area contributed by atoms with Crippen molar-refractivity contribution in [2.24, 2.45) is 17.6 Å². The van der Waals surface area contributed by atoms with Crippen LogP contribution in [0.4, 0.5) is 0 Å². The number of amides is 1. The van der Waals surface area contributed by atoms with E-state index >= 15 is 0 Å². The van der Waals surface area contributed by atoms with Crippen LogP contribution in [0.25, 0.3) is 0 Å². The van der Waals surface area contributed by atoms with Crippen LogP contribution in [0.15, 0.2) is 24.4 Å². The van der Waals surface area contributed by atoms with Crippen LogP contribution in [-0.4, -0.2) is 35.6 Å². The first-order chi connectivity index (χ1) is 12.9. The lowest BCUT2D eigenvalue weighted by molar-refractivity contribution is -0.191. The highest BCUT2D eigenvalue weighted by atomic mass is 16.7. The molecule has 1 aliphatic carbocycles. The molecule has 0 spiro atoms. The lowest BCUT2D eigenvalue weighted by Gasteiger charge is -2.27. The smallest absolute Gasteiger partial charge is 0.333 e. The molecule has 2 rings (SSSR count). The number of hydrogen-bond acceptors (Lipinski definition) is 6. The third-order valence-corrected chi connectivity index (χ3v) is 4.25. The first-order valence-electron chi connectivity index (χ1n) is 9.44. The minimum absolute atomic E-state index is 0.103. The van der Waals surface area contributed by atoms with Gasteiger partial charge in [0.05, 0.1) is 11.6 Å². The third-order valence-electron chi connectivity index (χ3n) is 4.25. The molecule has 0 atom stereocenters. The van der Waals surface area contributed by atoms with E-state index in [1.807, 2.05) is 13.8 Å². The van der Waals surface area contributed by atoms with Crippen molar-refractivity contribution < 1.29 is 24.0 Å². The van der Waals surface area contributed by atoms with Crippen LogP contribution in [0.2, 0.25) is 0 Å². The van der Waals surface area contributed by atoms with Crippen LogP contribution < -0.4 is 5.73 Å². The average Bonchev–Trinajstić information content (AvgIpc) is 3.00. The van der Waals surface area contributed by atoms with Crippen molar-refractivity contribution >= 4 is 23.9 Å². The number of carbonyl (C=O) groups excluding carboxylic acids is 4. The second kappa shape index (κ2) is 13.9. The van der Waals surface area contributed by atoms with Gasteiger partial charge >= 0.3 is 5.97 Å². The van der Waals surface area contributed by atoms with Crippen LogP contribution in [0.5, 0.6) is 0 Å². The number of nitrogens with zero attached hydrogens (tertiary/aromatic N) is 1. The summed E-state index contributed by atoms with van der Waals surface area (Å²) in [6.45, 7) is 9.79. The Morgan fingerprint density at radius 1 is 1.22 bits per heavy atom. The lowest BCUT2D eigenvalue weighted by atomic mass is 9.82. The third kappa shape index (κ3) is 9.28. The highest BCUT2D eigenvalue weighted by Crippen LogP contribution is 2.30. The Hall–Kier alpha value is -2.28. The van der Waals surface area contributed by atoms with E-state index in [1.54, 1.807) is 0 Å². The van der Waals surface area contributed by atoms with E-state index in [1.165, 1.54) is 19.1 Å². The van der Waals surface area contributed by atoms with E-state index in [0.717, 1.165) is 30.7 Å². The summed E-state index contributed by atoms with van der Waals surface area (Å²) < 4.78 is 0. The Bertz CT molecular complexity index is 533. The van der Waals surface area contributed by atoms with Crippen LogP contribution in [0.1, 0.15) is 59.3 Å². The number of carbonyl (C=O) groups is 4. The van der Waals surface area contributed by atoms with Crippen molar-refractivity contribution in [3.8, 4) is 0 Å². The number of nitrogens with two attached hydrogens (primary N) is 1. The number of allylic oxidation sites excluding steroid dienone is 3. The number of ketones is 1. The highest BCUT2D eigenvalue weighted by Gasteiger charge is 2.32. The van der Waals surface area contributed by atoms with Gasteiger partial charge < -0.3 is 10.6 Å². The predicted molar refractivity (Wildman–Crippen MR) is 103 cm³/mol. The van der Waals surface area contributed by atoms with Gasteiger partial charge in [-0.15, -0.1) is 5.06 Å². The normalized spacial score (nSPS) is 21.7. The maximum absolute atomic E-state index is 12.0. The fourth-order valence-corrected chi connectivity index (χ4v) is 2.72. The number of hydrogen-bond donors (Lipinski definition) is 1. The molecule has 27 heavy (non-hydrogen) atoms. The number of rotatable bonds is 5. The Balaban J connectivity index is 0.000000637. The molecule has 1 saturated heterocycles. The van der Waals surface area contributed by atoms with Gasteiger partial charge in [0.15, 0.2) is 5.78 Å². The van der Waals surface area contributed by atoms with Gasteiger partial charge in [-0.1, -0.05) is 20.4 Å². The van der Waals surface area contributed by atoms with E-state index < -0.39 is 0 Å². The highest BCUT2D eigenvalue weighted by molar-refractivity contribution is 5.90. The molecule has 2 fully saturated rings. The van der Waals surface area contributed by atoms with Crippen molar-refractivity contribution in [2.45, 2.75) is 59.3 Å². The predicted octanol–water partition coefficient (Wildman–Crippen LogP) is 2.70. The van der Waals surface area contributed by atoms with Gasteiger partial charge in [-0.2, -0.15) is 0 Å². The van der Waals surface area contributed by atoms with Crippen LogP contribution in [0, 0.1) is 11.8 Å². The topological polar surface area (TPSA) is 107 Å². The quantitative estimate of drug-likeness (QED) is 0.580. The largest absolute Gasteiger partial charge is 0.336 e. The molecule has 1 aliphatic heterocycles. The molecular formula is C20H32N2O5. The van der Waals surface area contributed by atoms with Gasteiger partial charge in [-0.3, -0.25) is 14.4 Å². The Kier molecular flexibility index (Phi) is 12.7. The zero-order chi connectivity index (χ0) is 20.8. The van der Waals surface area contributed by atoms with Crippen molar-refractivity contribution in [1.29, 1.82) is 0 Å². The molecular weight excluding hydrogens is 348 g/mol. The summed E-state index contributed by atoms with van der Waals surface area (Å²) in [4.78, 5) is 48.0. The maximum Gasteiger partial charge on any atom is 0.336 e. The molecule has 0 radical (unpaired) electrons. The average molecular weight is 380 g/mol. The van der Waals surface area contributed by atoms with E-state index in [-0.39, 0.29) is 23.6 Å². The minimum Gasteiger partial charge on any atom is -0.333 e. The van der Waals surface area contributed by atoms with Crippen LogP contribution in [0.3, 0.4) is 0 Å². The van der Waals surface area contributed by atoms with Crippen LogP contribution in [-0.2, 0) is 24.0 Å². The molecule has 7 nitrogen and oxygen atoms in total.